The van der Waals surface area contributed by atoms with E-state index in [1.54, 1.807) is 6.07 Å². The Morgan fingerprint density at radius 2 is 2.11 bits per heavy atom. The number of ether oxygens (including phenoxy) is 1. The Balaban J connectivity index is 2.46. The Kier molecular flexibility index (Phi) is 4.84. The van der Waals surface area contributed by atoms with Gasteiger partial charge in [0.15, 0.2) is 0 Å². The molecule has 0 aliphatic heterocycles. The van der Waals surface area contributed by atoms with Crippen molar-refractivity contribution in [3.05, 3.63) is 35.6 Å². The molecule has 100 valence electrons. The minimum absolute atomic E-state index is 0.104. The summed E-state index contributed by atoms with van der Waals surface area (Å²) in [4.78, 5) is 11.5. The van der Waals surface area contributed by atoms with E-state index < -0.39 is 5.60 Å². The Hall–Kier alpha value is -1.42. The molecule has 0 aliphatic rings. The zero-order valence-corrected chi connectivity index (χ0v) is 11.3. The summed E-state index contributed by atoms with van der Waals surface area (Å²) in [5.41, 5.74) is 0.319. The minimum Gasteiger partial charge on any atom is -0.459 e. The molecule has 1 rings (SSSR count). The molecule has 18 heavy (non-hydrogen) atoms. The van der Waals surface area contributed by atoms with E-state index in [-0.39, 0.29) is 24.4 Å². The maximum atomic E-state index is 13.0. The van der Waals surface area contributed by atoms with Crippen LogP contribution in [0.5, 0.6) is 0 Å². The van der Waals surface area contributed by atoms with Crippen molar-refractivity contribution in [3.63, 3.8) is 0 Å². The molecule has 1 aromatic carbocycles. The summed E-state index contributed by atoms with van der Waals surface area (Å²) in [6, 6.07) is 6.21. The zero-order valence-electron chi connectivity index (χ0n) is 11.3. The van der Waals surface area contributed by atoms with Crippen molar-refractivity contribution in [1.82, 2.24) is 5.32 Å². The van der Waals surface area contributed by atoms with Crippen LogP contribution in [0.1, 0.15) is 39.3 Å². The van der Waals surface area contributed by atoms with Gasteiger partial charge in [0, 0.05) is 6.04 Å². The Labute approximate surface area is 107 Å². The molecule has 0 fully saturated rings. The van der Waals surface area contributed by atoms with Gasteiger partial charge in [-0.3, -0.25) is 4.79 Å². The first-order valence-electron chi connectivity index (χ1n) is 5.98. The van der Waals surface area contributed by atoms with Crippen molar-refractivity contribution in [3.8, 4) is 0 Å². The summed E-state index contributed by atoms with van der Waals surface area (Å²) in [7, 11) is 0. The number of carbonyl (C=O) groups excluding carboxylic acids is 1. The molecule has 0 aliphatic carbocycles. The van der Waals surface area contributed by atoms with E-state index in [2.05, 4.69) is 5.32 Å². The number of hydrogen-bond acceptors (Lipinski definition) is 3. The van der Waals surface area contributed by atoms with Gasteiger partial charge in [0.1, 0.15) is 11.4 Å². The molecule has 0 heterocycles. The minimum atomic E-state index is -0.485. The molecule has 3 nitrogen and oxygen atoms in total. The van der Waals surface area contributed by atoms with Gasteiger partial charge < -0.3 is 10.1 Å². The molecule has 1 atom stereocenters. The largest absolute Gasteiger partial charge is 0.459 e. The van der Waals surface area contributed by atoms with Crippen LogP contribution >= 0.6 is 0 Å². The first kappa shape index (κ1) is 14.6. The second-order valence-electron chi connectivity index (χ2n) is 5.24. The van der Waals surface area contributed by atoms with Crippen molar-refractivity contribution < 1.29 is 13.9 Å². The summed E-state index contributed by atoms with van der Waals surface area (Å²) in [5.74, 6) is -0.593. The molecule has 0 aromatic heterocycles. The molecule has 1 aromatic rings. The molecule has 1 N–H and O–H groups in total. The summed E-state index contributed by atoms with van der Waals surface area (Å²) in [5, 5.41) is 3.01. The van der Waals surface area contributed by atoms with E-state index in [0.717, 1.165) is 5.56 Å². The van der Waals surface area contributed by atoms with Gasteiger partial charge in [-0.1, -0.05) is 12.1 Å². The predicted molar refractivity (Wildman–Crippen MR) is 68.7 cm³/mol. The van der Waals surface area contributed by atoms with Crippen LogP contribution in [0.15, 0.2) is 24.3 Å². The highest BCUT2D eigenvalue weighted by atomic mass is 19.1. The molecule has 0 spiro atoms. The number of nitrogens with one attached hydrogen (secondary N) is 1. The highest BCUT2D eigenvalue weighted by Crippen LogP contribution is 2.13. The van der Waals surface area contributed by atoms with Crippen molar-refractivity contribution >= 4 is 5.97 Å². The number of benzene rings is 1. The maximum Gasteiger partial charge on any atom is 0.320 e. The van der Waals surface area contributed by atoms with Crippen molar-refractivity contribution in [2.24, 2.45) is 0 Å². The molecule has 4 heteroatoms. The van der Waals surface area contributed by atoms with E-state index in [1.165, 1.54) is 12.1 Å². The highest BCUT2D eigenvalue weighted by Gasteiger charge is 2.16. The molecule has 0 amide bonds. The number of carbonyl (C=O) groups is 1. The third-order valence-corrected chi connectivity index (χ3v) is 2.32. The lowest BCUT2D eigenvalue weighted by molar-refractivity contribution is -0.153. The van der Waals surface area contributed by atoms with Crippen LogP contribution in [-0.4, -0.2) is 18.1 Å². The fourth-order valence-electron chi connectivity index (χ4n) is 1.51. The van der Waals surface area contributed by atoms with Crippen LogP contribution in [0.3, 0.4) is 0 Å². The van der Waals surface area contributed by atoms with Gasteiger partial charge in [0.2, 0.25) is 0 Å². The number of rotatable bonds is 4. The van der Waals surface area contributed by atoms with Crippen LogP contribution in [0.2, 0.25) is 0 Å². The summed E-state index contributed by atoms with van der Waals surface area (Å²) in [6.07, 6.45) is 0. The lowest BCUT2D eigenvalue weighted by Gasteiger charge is -2.21. The second-order valence-corrected chi connectivity index (χ2v) is 5.24. The standard InChI is InChI=1S/C14H20FNO2/c1-10(11-6-5-7-12(15)8-11)16-9-13(17)18-14(2,3)4/h5-8,10,16H,9H2,1-4H3/t10-/m1/s1. The van der Waals surface area contributed by atoms with Crippen LogP contribution in [0.4, 0.5) is 4.39 Å². The van der Waals surface area contributed by atoms with Crippen molar-refractivity contribution in [2.75, 3.05) is 6.54 Å². The van der Waals surface area contributed by atoms with Crippen LogP contribution in [-0.2, 0) is 9.53 Å². The van der Waals surface area contributed by atoms with E-state index in [9.17, 15) is 9.18 Å². The third-order valence-electron chi connectivity index (χ3n) is 2.32. The summed E-state index contributed by atoms with van der Waals surface area (Å²) in [6.45, 7) is 7.44. The second kappa shape index (κ2) is 5.96. The van der Waals surface area contributed by atoms with Gasteiger partial charge in [0.25, 0.3) is 0 Å². The van der Waals surface area contributed by atoms with Gasteiger partial charge in [-0.15, -0.1) is 0 Å². The van der Waals surface area contributed by atoms with Crippen molar-refractivity contribution in [2.45, 2.75) is 39.3 Å². The van der Waals surface area contributed by atoms with Gasteiger partial charge in [0.05, 0.1) is 6.54 Å². The zero-order chi connectivity index (χ0) is 13.8. The molecule has 0 radical (unpaired) electrons. The monoisotopic (exact) mass is 253 g/mol. The van der Waals surface area contributed by atoms with Gasteiger partial charge >= 0.3 is 5.97 Å². The molecule has 0 saturated carbocycles. The molecular formula is C14H20FNO2. The quantitative estimate of drug-likeness (QED) is 0.838. The normalized spacial score (nSPS) is 13.2. The molecule has 0 bridgehead atoms. The van der Waals surface area contributed by atoms with E-state index in [0.29, 0.717) is 0 Å². The fourth-order valence-corrected chi connectivity index (χ4v) is 1.51. The fraction of sp³-hybridized carbons (Fsp3) is 0.500. The topological polar surface area (TPSA) is 38.3 Å². The average molecular weight is 253 g/mol. The van der Waals surface area contributed by atoms with Gasteiger partial charge in [-0.2, -0.15) is 0 Å². The summed E-state index contributed by atoms with van der Waals surface area (Å²) >= 11 is 0. The lowest BCUT2D eigenvalue weighted by atomic mass is 10.1. The van der Waals surface area contributed by atoms with E-state index in [1.807, 2.05) is 33.8 Å². The van der Waals surface area contributed by atoms with Crippen LogP contribution in [0.25, 0.3) is 0 Å². The first-order valence-corrected chi connectivity index (χ1v) is 5.98. The van der Waals surface area contributed by atoms with Crippen LogP contribution < -0.4 is 5.32 Å². The lowest BCUT2D eigenvalue weighted by Crippen LogP contribution is -2.32. The SMILES string of the molecule is C[C@@H](NCC(=O)OC(C)(C)C)c1cccc(F)c1. The Morgan fingerprint density at radius 1 is 1.44 bits per heavy atom. The van der Waals surface area contributed by atoms with Gasteiger partial charge in [-0.05, 0) is 45.4 Å². The Bertz CT molecular complexity index is 413. The highest BCUT2D eigenvalue weighted by molar-refractivity contribution is 5.72. The first-order chi connectivity index (χ1) is 8.28. The average Bonchev–Trinajstić information content (AvgIpc) is 2.23. The number of hydrogen-bond donors (Lipinski definition) is 1. The predicted octanol–water partition coefficient (Wildman–Crippen LogP) is 2.82. The number of halogens is 1. The van der Waals surface area contributed by atoms with E-state index >= 15 is 0 Å². The van der Waals surface area contributed by atoms with E-state index in [4.69, 9.17) is 4.74 Å². The van der Waals surface area contributed by atoms with Crippen molar-refractivity contribution in [1.29, 1.82) is 0 Å². The van der Waals surface area contributed by atoms with Crippen LogP contribution in [0, 0.1) is 5.82 Å². The number of esters is 1. The molecule has 0 saturated heterocycles. The Morgan fingerprint density at radius 3 is 2.67 bits per heavy atom. The smallest absolute Gasteiger partial charge is 0.320 e. The van der Waals surface area contributed by atoms with Gasteiger partial charge in [-0.25, -0.2) is 4.39 Å². The third kappa shape index (κ3) is 5.27. The molecular weight excluding hydrogens is 233 g/mol. The maximum absolute atomic E-state index is 13.0. The molecule has 0 unspecified atom stereocenters. The summed E-state index contributed by atoms with van der Waals surface area (Å²) < 4.78 is 18.2.